The molecule has 0 aliphatic heterocycles. The van der Waals surface area contributed by atoms with Gasteiger partial charge in [-0.2, -0.15) is 0 Å². The van der Waals surface area contributed by atoms with Crippen molar-refractivity contribution in [1.29, 1.82) is 0 Å². The number of benzene rings is 2. The highest BCUT2D eigenvalue weighted by Gasteiger charge is 2.28. The number of hydrogen-bond acceptors (Lipinski definition) is 7. The zero-order valence-electron chi connectivity index (χ0n) is 21.0. The van der Waals surface area contributed by atoms with Crippen molar-refractivity contribution in [3.05, 3.63) is 53.6 Å². The van der Waals surface area contributed by atoms with Gasteiger partial charge in [0.2, 0.25) is 0 Å². The number of rotatable bonds is 17. The zero-order valence-corrected chi connectivity index (χ0v) is 21.0. The van der Waals surface area contributed by atoms with Crippen molar-refractivity contribution in [2.24, 2.45) is 0 Å². The van der Waals surface area contributed by atoms with Crippen LogP contribution in [0.2, 0.25) is 0 Å². The van der Waals surface area contributed by atoms with E-state index in [0.29, 0.717) is 24.3 Å². The zero-order chi connectivity index (χ0) is 25.5. The largest absolute Gasteiger partial charge is 0.508 e. The average Bonchev–Trinajstić information content (AvgIpc) is 2.86. The maximum atomic E-state index is 12.4. The summed E-state index contributed by atoms with van der Waals surface area (Å²) in [6.45, 7) is 1.96. The summed E-state index contributed by atoms with van der Waals surface area (Å²) < 4.78 is 23.0. The van der Waals surface area contributed by atoms with Crippen molar-refractivity contribution in [2.45, 2.75) is 70.5 Å². The summed E-state index contributed by atoms with van der Waals surface area (Å²) in [5, 5.41) is 9.66. The summed E-state index contributed by atoms with van der Waals surface area (Å²) in [5.74, 6) is 0.969. The van der Waals surface area contributed by atoms with Crippen LogP contribution in [-0.4, -0.2) is 44.3 Å². The summed E-state index contributed by atoms with van der Waals surface area (Å²) in [4.78, 5) is 22.8. The maximum Gasteiger partial charge on any atom is 0.305 e. The minimum absolute atomic E-state index is 0.000935. The normalized spacial score (nSPS) is 12.5. The van der Waals surface area contributed by atoms with Crippen molar-refractivity contribution < 1.29 is 33.6 Å². The predicted octanol–water partition coefficient (Wildman–Crippen LogP) is 5.71. The van der Waals surface area contributed by atoms with Gasteiger partial charge in [0.05, 0.1) is 7.11 Å². The lowest BCUT2D eigenvalue weighted by Crippen LogP contribution is -2.33. The number of methoxy groups -OCH3 is 2. The van der Waals surface area contributed by atoms with Gasteiger partial charge >= 0.3 is 5.97 Å². The van der Waals surface area contributed by atoms with Crippen LogP contribution in [0.5, 0.6) is 17.2 Å². The van der Waals surface area contributed by atoms with Crippen molar-refractivity contribution in [3.63, 3.8) is 0 Å². The van der Waals surface area contributed by atoms with E-state index in [-0.39, 0.29) is 18.3 Å². The Morgan fingerprint density at radius 3 is 2.29 bits per heavy atom. The number of carbonyl (C=O) groups excluding carboxylic acids is 2. The Kier molecular flexibility index (Phi) is 12.7. The molecular formula is C28H38O7. The average molecular weight is 487 g/mol. The lowest BCUT2D eigenvalue weighted by molar-refractivity contribution is -0.149. The molecule has 0 amide bonds. The third-order valence-electron chi connectivity index (χ3n) is 5.77. The van der Waals surface area contributed by atoms with Gasteiger partial charge in [0.1, 0.15) is 24.7 Å². The van der Waals surface area contributed by atoms with Crippen molar-refractivity contribution in [1.82, 2.24) is 0 Å². The number of phenols is 1. The molecule has 7 nitrogen and oxygen atoms in total. The van der Waals surface area contributed by atoms with Crippen LogP contribution in [0.3, 0.4) is 0 Å². The molecule has 7 heteroatoms. The highest BCUT2D eigenvalue weighted by molar-refractivity contribution is 5.69. The Bertz CT molecular complexity index is 895. The van der Waals surface area contributed by atoms with E-state index in [4.69, 9.17) is 18.9 Å². The molecule has 2 atom stereocenters. The Morgan fingerprint density at radius 2 is 1.63 bits per heavy atom. The van der Waals surface area contributed by atoms with Gasteiger partial charge in [-0.25, -0.2) is 0 Å². The SMILES string of the molecule is COc1cc(C)ccc1OC(COC(=O)CCCCCCCCC=O)C(OC)c1ccc(O)cc1. The molecule has 0 aliphatic carbocycles. The maximum absolute atomic E-state index is 12.4. The predicted molar refractivity (Wildman–Crippen MR) is 134 cm³/mol. The summed E-state index contributed by atoms with van der Waals surface area (Å²) in [7, 11) is 3.14. The molecule has 35 heavy (non-hydrogen) atoms. The van der Waals surface area contributed by atoms with Gasteiger partial charge in [-0.3, -0.25) is 4.79 Å². The minimum atomic E-state index is -0.636. The van der Waals surface area contributed by atoms with Gasteiger partial charge in [-0.05, 0) is 55.2 Å². The van der Waals surface area contributed by atoms with Crippen molar-refractivity contribution in [3.8, 4) is 17.2 Å². The number of unbranched alkanes of at least 4 members (excludes halogenated alkanes) is 6. The Morgan fingerprint density at radius 1 is 0.943 bits per heavy atom. The molecule has 0 heterocycles. The van der Waals surface area contributed by atoms with Crippen LogP contribution in [0, 0.1) is 6.92 Å². The summed E-state index contributed by atoms with van der Waals surface area (Å²) >= 11 is 0. The van der Waals surface area contributed by atoms with Crippen molar-refractivity contribution in [2.75, 3.05) is 20.8 Å². The summed E-state index contributed by atoms with van der Waals surface area (Å²) in [6.07, 6.45) is 6.53. The van der Waals surface area contributed by atoms with Gasteiger partial charge in [0.15, 0.2) is 17.6 Å². The molecule has 192 valence electrons. The first-order valence-electron chi connectivity index (χ1n) is 12.2. The number of esters is 1. The van der Waals surface area contributed by atoms with Gasteiger partial charge in [-0.1, -0.05) is 43.9 Å². The van der Waals surface area contributed by atoms with Crippen molar-refractivity contribution >= 4 is 12.3 Å². The third kappa shape index (κ3) is 9.99. The molecule has 0 aliphatic rings. The fourth-order valence-corrected chi connectivity index (χ4v) is 3.84. The molecule has 2 aromatic carbocycles. The van der Waals surface area contributed by atoms with Gasteiger partial charge in [-0.15, -0.1) is 0 Å². The number of aryl methyl sites for hydroxylation is 1. The molecule has 0 bridgehead atoms. The monoisotopic (exact) mass is 486 g/mol. The number of ether oxygens (including phenoxy) is 4. The fraction of sp³-hybridized carbons (Fsp3) is 0.500. The van der Waals surface area contributed by atoms with Crippen LogP contribution in [0.1, 0.15) is 68.6 Å². The Labute approximate surface area is 208 Å². The molecule has 0 aromatic heterocycles. The first-order valence-corrected chi connectivity index (χ1v) is 12.2. The van der Waals surface area contributed by atoms with Crippen LogP contribution in [0.4, 0.5) is 0 Å². The van der Waals surface area contributed by atoms with Crippen LogP contribution < -0.4 is 9.47 Å². The smallest absolute Gasteiger partial charge is 0.305 e. The van der Waals surface area contributed by atoms with E-state index in [1.165, 1.54) is 0 Å². The van der Waals surface area contributed by atoms with E-state index < -0.39 is 12.2 Å². The molecule has 0 spiro atoms. The van der Waals surface area contributed by atoms with E-state index >= 15 is 0 Å². The van der Waals surface area contributed by atoms with E-state index in [2.05, 4.69) is 0 Å². The van der Waals surface area contributed by atoms with Gasteiger partial charge in [0.25, 0.3) is 0 Å². The highest BCUT2D eigenvalue weighted by atomic mass is 16.6. The lowest BCUT2D eigenvalue weighted by atomic mass is 10.0. The van der Waals surface area contributed by atoms with E-state index in [1.54, 1.807) is 38.5 Å². The summed E-state index contributed by atoms with van der Waals surface area (Å²) in [6, 6.07) is 12.3. The molecule has 1 N–H and O–H groups in total. The number of aldehydes is 1. The van der Waals surface area contributed by atoms with Crippen LogP contribution >= 0.6 is 0 Å². The molecule has 2 aromatic rings. The van der Waals surface area contributed by atoms with Crippen LogP contribution in [0.25, 0.3) is 0 Å². The number of aromatic hydroxyl groups is 1. The second-order valence-electron chi connectivity index (χ2n) is 8.57. The standard InChI is InChI=1S/C28H38O7/c1-21-12-17-24(25(19-21)32-2)35-26(28(33-3)22-13-15-23(30)16-14-22)20-34-27(31)11-9-7-5-4-6-8-10-18-29/h12-19,26,28,30H,4-11,20H2,1-3H3. The van der Waals surface area contributed by atoms with Crippen LogP contribution in [0.15, 0.2) is 42.5 Å². The van der Waals surface area contributed by atoms with Gasteiger partial charge in [0, 0.05) is 20.0 Å². The first kappa shape index (κ1) is 28.2. The molecule has 0 saturated carbocycles. The third-order valence-corrected chi connectivity index (χ3v) is 5.77. The number of carbonyl (C=O) groups is 2. The first-order chi connectivity index (χ1) is 17.0. The topological polar surface area (TPSA) is 91.3 Å². The molecular weight excluding hydrogens is 448 g/mol. The van der Waals surface area contributed by atoms with Crippen LogP contribution in [-0.2, 0) is 19.1 Å². The molecule has 0 fully saturated rings. The molecule has 2 rings (SSSR count). The Hall–Kier alpha value is -3.06. The van der Waals surface area contributed by atoms with E-state index in [0.717, 1.165) is 55.9 Å². The van der Waals surface area contributed by atoms with Gasteiger partial charge < -0.3 is 28.8 Å². The molecule has 0 saturated heterocycles. The molecule has 2 unspecified atom stereocenters. The van der Waals surface area contributed by atoms with E-state index in [9.17, 15) is 14.7 Å². The molecule has 0 radical (unpaired) electrons. The minimum Gasteiger partial charge on any atom is -0.508 e. The number of phenolic OH excluding ortho intramolecular Hbond substituents is 1. The van der Waals surface area contributed by atoms with E-state index in [1.807, 2.05) is 25.1 Å². The quantitative estimate of drug-likeness (QED) is 0.174. The number of hydrogen-bond donors (Lipinski definition) is 1. The second-order valence-corrected chi connectivity index (χ2v) is 8.57. The highest BCUT2D eigenvalue weighted by Crippen LogP contribution is 2.33. The lowest BCUT2D eigenvalue weighted by Gasteiger charge is -2.28. The second kappa shape index (κ2) is 15.8. The summed E-state index contributed by atoms with van der Waals surface area (Å²) in [5.41, 5.74) is 1.81. The Balaban J connectivity index is 1.99. The fourth-order valence-electron chi connectivity index (χ4n) is 3.84.